The van der Waals surface area contributed by atoms with Crippen molar-refractivity contribution in [1.29, 1.82) is 0 Å². The maximum Gasteiger partial charge on any atom is 0.326 e. The molecule has 0 fully saturated rings. The van der Waals surface area contributed by atoms with Crippen LogP contribution in [0.3, 0.4) is 0 Å². The number of benzene rings is 2. The summed E-state index contributed by atoms with van der Waals surface area (Å²) in [5.41, 5.74) is 3.12. The Morgan fingerprint density at radius 2 is 1.64 bits per heavy atom. The lowest BCUT2D eigenvalue weighted by Crippen LogP contribution is -2.37. The van der Waals surface area contributed by atoms with Crippen LogP contribution in [0.15, 0.2) is 72.4 Å². The quantitative estimate of drug-likeness (QED) is 0.850. The van der Waals surface area contributed by atoms with E-state index >= 15 is 0 Å². The molecule has 0 aliphatic heterocycles. The summed E-state index contributed by atoms with van der Waals surface area (Å²) in [5, 5.41) is 2.88. The second-order valence-electron chi connectivity index (χ2n) is 5.20. The van der Waals surface area contributed by atoms with Gasteiger partial charge in [0, 0.05) is 11.9 Å². The number of nitrogens with zero attached hydrogens (tertiary/aromatic N) is 1. The van der Waals surface area contributed by atoms with E-state index in [2.05, 4.69) is 12.2 Å². The molecule has 2 amide bonds. The van der Waals surface area contributed by atoms with Crippen LogP contribution in [0.5, 0.6) is 0 Å². The third kappa shape index (κ3) is 4.48. The fourth-order valence-electron chi connectivity index (χ4n) is 2.02. The highest BCUT2D eigenvalue weighted by atomic mass is 16.2. The molecular formula is C19H22N2O. The van der Waals surface area contributed by atoms with E-state index in [0.717, 1.165) is 23.2 Å². The third-order valence-electron chi connectivity index (χ3n) is 3.50. The highest BCUT2D eigenvalue weighted by Gasteiger charge is 2.14. The van der Waals surface area contributed by atoms with Gasteiger partial charge in [-0.25, -0.2) is 4.79 Å². The topological polar surface area (TPSA) is 32.3 Å². The normalized spacial score (nSPS) is 11.1. The van der Waals surface area contributed by atoms with Crippen molar-refractivity contribution < 1.29 is 4.79 Å². The lowest BCUT2D eigenvalue weighted by Gasteiger charge is -2.22. The van der Waals surface area contributed by atoms with Crippen LogP contribution in [0.4, 0.5) is 10.5 Å². The number of para-hydroxylation sites is 1. The van der Waals surface area contributed by atoms with Crippen LogP contribution >= 0.6 is 0 Å². The number of carbonyl (C=O) groups excluding carboxylic acids is 1. The van der Waals surface area contributed by atoms with Crippen LogP contribution in [0.2, 0.25) is 0 Å². The summed E-state index contributed by atoms with van der Waals surface area (Å²) in [6.45, 7) is 4.61. The maximum atomic E-state index is 12.5. The van der Waals surface area contributed by atoms with Gasteiger partial charge in [0.1, 0.15) is 0 Å². The van der Waals surface area contributed by atoms with Crippen molar-refractivity contribution in [3.8, 4) is 0 Å². The van der Waals surface area contributed by atoms with Crippen LogP contribution in [0.25, 0.3) is 0 Å². The largest absolute Gasteiger partial charge is 0.326 e. The molecule has 2 aromatic rings. The molecular weight excluding hydrogens is 272 g/mol. The van der Waals surface area contributed by atoms with Crippen molar-refractivity contribution in [2.45, 2.75) is 26.8 Å². The number of anilines is 1. The minimum atomic E-state index is -0.122. The average Bonchev–Trinajstić information content (AvgIpc) is 2.59. The molecule has 0 bridgehead atoms. The first-order chi connectivity index (χ1) is 10.7. The molecule has 22 heavy (non-hydrogen) atoms. The fraction of sp³-hybridized carbons (Fsp3) is 0.211. The summed E-state index contributed by atoms with van der Waals surface area (Å²) < 4.78 is 0. The molecule has 0 atom stereocenters. The lowest BCUT2D eigenvalue weighted by molar-refractivity contribution is 0.249. The molecule has 0 heterocycles. The number of urea groups is 1. The number of hydrogen-bond donors (Lipinski definition) is 1. The molecule has 114 valence electrons. The third-order valence-corrected chi connectivity index (χ3v) is 3.50. The summed E-state index contributed by atoms with van der Waals surface area (Å²) in [7, 11) is 0. The second kappa shape index (κ2) is 8.03. The molecule has 0 unspecified atom stereocenters. The predicted octanol–water partition coefficient (Wildman–Crippen LogP) is 4.72. The first-order valence-corrected chi connectivity index (χ1v) is 7.53. The maximum absolute atomic E-state index is 12.5. The average molecular weight is 294 g/mol. The molecule has 0 aliphatic carbocycles. The minimum Gasteiger partial charge on any atom is -0.314 e. The van der Waals surface area contributed by atoms with Gasteiger partial charge in [-0.3, -0.25) is 4.90 Å². The van der Waals surface area contributed by atoms with Crippen molar-refractivity contribution in [3.63, 3.8) is 0 Å². The van der Waals surface area contributed by atoms with Gasteiger partial charge in [-0.2, -0.15) is 0 Å². The van der Waals surface area contributed by atoms with E-state index < -0.39 is 0 Å². The number of rotatable bonds is 5. The minimum absolute atomic E-state index is 0.122. The van der Waals surface area contributed by atoms with Gasteiger partial charge in [0.25, 0.3) is 0 Å². The van der Waals surface area contributed by atoms with Crippen molar-refractivity contribution in [3.05, 3.63) is 78.0 Å². The summed E-state index contributed by atoms with van der Waals surface area (Å²) >= 11 is 0. The standard InChI is InChI=1S/C19H22N2O/c1-3-16(2)14-20-19(22)21(18-12-8-5-9-13-18)15-17-10-6-4-7-11-17/h4-14H,3,15H2,1-2H3,(H,20,22)/b16-14+. The van der Waals surface area contributed by atoms with Crippen LogP contribution < -0.4 is 10.2 Å². The van der Waals surface area contributed by atoms with E-state index in [9.17, 15) is 4.79 Å². The Morgan fingerprint density at radius 3 is 2.23 bits per heavy atom. The fourth-order valence-corrected chi connectivity index (χ4v) is 2.02. The molecule has 0 aromatic heterocycles. The second-order valence-corrected chi connectivity index (χ2v) is 5.20. The number of hydrogen-bond acceptors (Lipinski definition) is 1. The van der Waals surface area contributed by atoms with Gasteiger partial charge in [0.15, 0.2) is 0 Å². The highest BCUT2D eigenvalue weighted by molar-refractivity contribution is 5.92. The van der Waals surface area contributed by atoms with Gasteiger partial charge in [-0.1, -0.05) is 61.0 Å². The van der Waals surface area contributed by atoms with Gasteiger partial charge in [0.05, 0.1) is 6.54 Å². The Labute approximate surface area is 132 Å². The molecule has 3 heteroatoms. The summed E-state index contributed by atoms with van der Waals surface area (Å²) in [6.07, 6.45) is 2.70. The number of carbonyl (C=O) groups is 1. The van der Waals surface area contributed by atoms with Crippen LogP contribution in [-0.4, -0.2) is 6.03 Å². The van der Waals surface area contributed by atoms with Gasteiger partial charge < -0.3 is 5.32 Å². The number of amides is 2. The van der Waals surface area contributed by atoms with E-state index in [-0.39, 0.29) is 6.03 Å². The monoisotopic (exact) mass is 294 g/mol. The SMILES string of the molecule is CC/C(C)=C/NC(=O)N(Cc1ccccc1)c1ccccc1. The molecule has 2 aromatic carbocycles. The zero-order valence-electron chi connectivity index (χ0n) is 13.1. The van der Waals surface area contributed by atoms with E-state index in [1.54, 1.807) is 11.1 Å². The number of allylic oxidation sites excluding steroid dienone is 1. The van der Waals surface area contributed by atoms with Crippen molar-refractivity contribution in [2.75, 3.05) is 4.90 Å². The Kier molecular flexibility index (Phi) is 5.78. The van der Waals surface area contributed by atoms with E-state index in [1.165, 1.54) is 0 Å². The summed E-state index contributed by atoms with van der Waals surface area (Å²) in [4.78, 5) is 14.3. The molecule has 3 nitrogen and oxygen atoms in total. The number of nitrogens with one attached hydrogen (secondary N) is 1. The summed E-state index contributed by atoms with van der Waals surface area (Å²) in [6, 6.07) is 19.6. The van der Waals surface area contributed by atoms with Gasteiger partial charge >= 0.3 is 6.03 Å². The first kappa shape index (κ1) is 15.8. The Hall–Kier alpha value is -2.55. The lowest BCUT2D eigenvalue weighted by atomic mass is 10.2. The predicted molar refractivity (Wildman–Crippen MR) is 91.6 cm³/mol. The molecule has 1 N–H and O–H groups in total. The molecule has 0 saturated carbocycles. The molecule has 0 radical (unpaired) electrons. The van der Waals surface area contributed by atoms with E-state index in [0.29, 0.717) is 6.54 Å². The van der Waals surface area contributed by atoms with Gasteiger partial charge in [-0.15, -0.1) is 0 Å². The van der Waals surface area contributed by atoms with Crippen LogP contribution in [-0.2, 0) is 6.54 Å². The van der Waals surface area contributed by atoms with E-state index in [4.69, 9.17) is 0 Å². The molecule has 0 saturated heterocycles. The van der Waals surface area contributed by atoms with Crippen molar-refractivity contribution >= 4 is 11.7 Å². The first-order valence-electron chi connectivity index (χ1n) is 7.53. The van der Waals surface area contributed by atoms with E-state index in [1.807, 2.05) is 67.6 Å². The zero-order chi connectivity index (χ0) is 15.8. The van der Waals surface area contributed by atoms with Crippen LogP contribution in [0, 0.1) is 0 Å². The summed E-state index contributed by atoms with van der Waals surface area (Å²) in [5.74, 6) is 0. The van der Waals surface area contributed by atoms with Crippen LogP contribution in [0.1, 0.15) is 25.8 Å². The van der Waals surface area contributed by atoms with Gasteiger partial charge in [0.2, 0.25) is 0 Å². The Balaban J connectivity index is 2.20. The highest BCUT2D eigenvalue weighted by Crippen LogP contribution is 2.17. The Bertz CT molecular complexity index is 620. The van der Waals surface area contributed by atoms with Crippen molar-refractivity contribution in [2.24, 2.45) is 0 Å². The smallest absolute Gasteiger partial charge is 0.314 e. The zero-order valence-corrected chi connectivity index (χ0v) is 13.1. The molecule has 2 rings (SSSR count). The van der Waals surface area contributed by atoms with Gasteiger partial charge in [-0.05, 0) is 31.0 Å². The molecule has 0 aliphatic rings. The Morgan fingerprint density at radius 1 is 1.05 bits per heavy atom. The molecule has 0 spiro atoms. The van der Waals surface area contributed by atoms with Crippen molar-refractivity contribution in [1.82, 2.24) is 5.32 Å².